The molecule has 9 heteroatoms. The van der Waals surface area contributed by atoms with Gasteiger partial charge in [0.15, 0.2) is 0 Å². The van der Waals surface area contributed by atoms with Crippen molar-refractivity contribution in [3.8, 4) is 0 Å². The minimum Gasteiger partial charge on any atom is -0.391 e. The molecule has 432 valence electrons. The smallest absolute Gasteiger partial charge is 0.391 e. The first-order chi connectivity index (χ1) is 36.5. The highest BCUT2D eigenvalue weighted by atomic mass is 31.2. The quantitative estimate of drug-likeness (QED) is 0.0243. The van der Waals surface area contributed by atoms with E-state index in [1.807, 2.05) is 21.1 Å². The van der Waals surface area contributed by atoms with Crippen LogP contribution in [0.2, 0.25) is 0 Å². The van der Waals surface area contributed by atoms with Gasteiger partial charge in [-0.1, -0.05) is 271 Å². The Morgan fingerprint density at radius 3 is 1.17 bits per heavy atom. The number of nitrogens with zero attached hydrogens (tertiary/aromatic N) is 1. The molecule has 0 fully saturated rings. The summed E-state index contributed by atoms with van der Waals surface area (Å²) in [5.74, 6) is -0.158. The molecule has 0 spiro atoms. The van der Waals surface area contributed by atoms with Crippen LogP contribution in [0.5, 0.6) is 0 Å². The van der Waals surface area contributed by atoms with Gasteiger partial charge in [-0.3, -0.25) is 13.8 Å². The Hall–Kier alpha value is -2.84. The van der Waals surface area contributed by atoms with Crippen molar-refractivity contribution in [2.24, 2.45) is 0 Å². The van der Waals surface area contributed by atoms with Crippen LogP contribution in [-0.4, -0.2) is 73.4 Å². The van der Waals surface area contributed by atoms with E-state index in [9.17, 15) is 19.4 Å². The highest BCUT2D eigenvalue weighted by molar-refractivity contribution is 7.47. The molecule has 0 radical (unpaired) electrons. The molecule has 0 rings (SSSR count). The van der Waals surface area contributed by atoms with Crippen molar-refractivity contribution in [3.63, 3.8) is 0 Å². The lowest BCUT2D eigenvalue weighted by atomic mass is 10.0. The standard InChI is InChI=1S/C66H117N2O6P/c1-6-8-10-12-14-16-18-20-22-24-26-27-28-29-30-31-32-33-34-35-36-37-38-39-40-41-42-44-46-48-50-52-54-56-58-60-66(70)67-64(63-74-75(71,72)73-62-61-68(3,4)5)65(69)59-57-55-53-51-49-47-45-43-25-23-21-19-17-15-13-11-9-7-2/h8,10,14,16,20,22,26-27,29-30,32-33,35-36,38-39,41-42,64-65,69H,6-7,9,11-13,15,17-19,21,23-25,28,31,34,37,40,43-63H2,1-5H3,(H-,67,70,71,72)/p+1/b10-8-,16-14-,22-20-,27-26-,30-29-,33-32-,36-35-,39-38-,42-41-. The van der Waals surface area contributed by atoms with Crippen LogP contribution < -0.4 is 5.32 Å². The molecule has 0 aromatic heterocycles. The lowest BCUT2D eigenvalue weighted by Gasteiger charge is -2.26. The minimum atomic E-state index is -4.34. The Labute approximate surface area is 463 Å². The highest BCUT2D eigenvalue weighted by Gasteiger charge is 2.28. The van der Waals surface area contributed by atoms with Crippen LogP contribution in [0.3, 0.4) is 0 Å². The summed E-state index contributed by atoms with van der Waals surface area (Å²) in [6.07, 6.45) is 81.5. The molecule has 3 N–H and O–H groups in total. The van der Waals surface area contributed by atoms with Gasteiger partial charge >= 0.3 is 7.82 Å². The summed E-state index contributed by atoms with van der Waals surface area (Å²) in [7, 11) is 1.60. The number of amides is 1. The number of nitrogens with one attached hydrogen (secondary N) is 1. The Morgan fingerprint density at radius 2 is 0.800 bits per heavy atom. The minimum absolute atomic E-state index is 0.0673. The van der Waals surface area contributed by atoms with E-state index in [1.165, 1.54) is 116 Å². The van der Waals surface area contributed by atoms with Crippen LogP contribution in [0, 0.1) is 0 Å². The van der Waals surface area contributed by atoms with Crippen molar-refractivity contribution in [2.45, 2.75) is 264 Å². The predicted octanol–water partition coefficient (Wildman–Crippen LogP) is 19.2. The zero-order valence-corrected chi connectivity index (χ0v) is 50.1. The molecule has 75 heavy (non-hydrogen) atoms. The molecule has 0 aromatic rings. The van der Waals surface area contributed by atoms with Gasteiger partial charge in [-0.25, -0.2) is 4.57 Å². The van der Waals surface area contributed by atoms with Gasteiger partial charge in [0.25, 0.3) is 0 Å². The molecule has 0 saturated carbocycles. The van der Waals surface area contributed by atoms with Gasteiger partial charge in [0.1, 0.15) is 13.2 Å². The van der Waals surface area contributed by atoms with E-state index in [-0.39, 0.29) is 19.1 Å². The Kier molecular flexibility index (Phi) is 53.8. The SMILES string of the molecule is CC/C=C\C/C=C\C/C=C\C/C=C\C/C=C\C/C=C\C/C=C\C/C=C\C/C=C\CCCCCCCCCC(=O)NC(COP(=O)(O)OCC[N+](C)(C)C)C(O)CCCCCCCCCCCCCCCCCCCC. The third kappa shape index (κ3) is 58.7. The van der Waals surface area contributed by atoms with E-state index >= 15 is 0 Å². The second kappa shape index (κ2) is 55.9. The molecule has 0 heterocycles. The van der Waals surface area contributed by atoms with Gasteiger partial charge in [0.05, 0.1) is 39.9 Å². The summed E-state index contributed by atoms with van der Waals surface area (Å²) in [5, 5.41) is 14.1. The number of likely N-dealkylation sites (N-methyl/N-ethyl adjacent to an activating group) is 1. The number of aliphatic hydroxyl groups is 1. The fourth-order valence-electron chi connectivity index (χ4n) is 8.51. The molecule has 0 bridgehead atoms. The van der Waals surface area contributed by atoms with Crippen LogP contribution in [0.1, 0.15) is 251 Å². The third-order valence-electron chi connectivity index (χ3n) is 13.3. The molecule has 0 aliphatic heterocycles. The summed E-state index contributed by atoms with van der Waals surface area (Å²) in [5.41, 5.74) is 0. The first-order valence-corrected chi connectivity index (χ1v) is 32.2. The van der Waals surface area contributed by atoms with Crippen LogP contribution in [0.25, 0.3) is 0 Å². The average Bonchev–Trinajstić information content (AvgIpc) is 3.37. The van der Waals surface area contributed by atoms with E-state index in [2.05, 4.69) is 129 Å². The maximum absolute atomic E-state index is 13.0. The number of carbonyl (C=O) groups excluding carboxylic acids is 1. The number of quaternary nitrogens is 1. The van der Waals surface area contributed by atoms with Crippen molar-refractivity contribution >= 4 is 13.7 Å². The number of hydrogen-bond acceptors (Lipinski definition) is 5. The molecular formula is C66H118N2O6P+. The van der Waals surface area contributed by atoms with Gasteiger partial charge in [0, 0.05) is 6.42 Å². The van der Waals surface area contributed by atoms with Crippen molar-refractivity contribution in [3.05, 3.63) is 109 Å². The first-order valence-electron chi connectivity index (χ1n) is 30.8. The lowest BCUT2D eigenvalue weighted by molar-refractivity contribution is -0.870. The maximum Gasteiger partial charge on any atom is 0.472 e. The molecular weight excluding hydrogens is 948 g/mol. The Balaban J connectivity index is 4.18. The fourth-order valence-corrected chi connectivity index (χ4v) is 9.25. The summed E-state index contributed by atoms with van der Waals surface area (Å²) in [6, 6.07) is -0.775. The zero-order valence-electron chi connectivity index (χ0n) is 49.3. The summed E-state index contributed by atoms with van der Waals surface area (Å²) in [6.45, 7) is 4.77. The fraction of sp³-hybridized carbons (Fsp3) is 0.712. The van der Waals surface area contributed by atoms with Crippen molar-refractivity contribution in [2.75, 3.05) is 40.9 Å². The topological polar surface area (TPSA) is 105 Å². The third-order valence-corrected chi connectivity index (χ3v) is 14.3. The van der Waals surface area contributed by atoms with Gasteiger partial charge in [-0.05, 0) is 83.5 Å². The number of unbranched alkanes of at least 4 members (excludes halogenated alkanes) is 24. The number of carbonyl (C=O) groups is 1. The molecule has 0 saturated heterocycles. The second-order valence-electron chi connectivity index (χ2n) is 21.7. The van der Waals surface area contributed by atoms with Crippen LogP contribution in [-0.2, 0) is 18.4 Å². The van der Waals surface area contributed by atoms with Crippen LogP contribution in [0.4, 0.5) is 0 Å². The molecule has 0 aliphatic carbocycles. The van der Waals surface area contributed by atoms with Crippen molar-refractivity contribution in [1.29, 1.82) is 0 Å². The van der Waals surface area contributed by atoms with Crippen molar-refractivity contribution < 1.29 is 32.9 Å². The normalized spacial score (nSPS) is 14.6. The number of phosphoric acid groups is 1. The van der Waals surface area contributed by atoms with Gasteiger partial charge < -0.3 is 19.8 Å². The van der Waals surface area contributed by atoms with Gasteiger partial charge in [0.2, 0.25) is 5.91 Å². The monoisotopic (exact) mass is 1070 g/mol. The maximum atomic E-state index is 13.0. The number of aliphatic hydroxyl groups excluding tert-OH is 1. The van der Waals surface area contributed by atoms with E-state index < -0.39 is 20.0 Å². The summed E-state index contributed by atoms with van der Waals surface area (Å²) in [4.78, 5) is 23.4. The molecule has 0 aliphatic rings. The van der Waals surface area contributed by atoms with Gasteiger partial charge in [-0.15, -0.1) is 0 Å². The molecule has 3 unspecified atom stereocenters. The Morgan fingerprint density at radius 1 is 0.467 bits per heavy atom. The molecule has 8 nitrogen and oxygen atoms in total. The van der Waals surface area contributed by atoms with Crippen LogP contribution >= 0.6 is 7.82 Å². The van der Waals surface area contributed by atoms with E-state index in [1.54, 1.807) is 0 Å². The second-order valence-corrected chi connectivity index (χ2v) is 23.2. The number of hydrogen-bond donors (Lipinski definition) is 3. The van der Waals surface area contributed by atoms with E-state index in [0.29, 0.717) is 23.9 Å². The molecule has 0 aromatic carbocycles. The number of allylic oxidation sites excluding steroid dienone is 18. The van der Waals surface area contributed by atoms with Gasteiger partial charge in [-0.2, -0.15) is 0 Å². The summed E-state index contributed by atoms with van der Waals surface area (Å²) >= 11 is 0. The molecule has 3 atom stereocenters. The van der Waals surface area contributed by atoms with Crippen LogP contribution in [0.15, 0.2) is 109 Å². The lowest BCUT2D eigenvalue weighted by Crippen LogP contribution is -2.46. The highest BCUT2D eigenvalue weighted by Crippen LogP contribution is 2.43. The summed E-state index contributed by atoms with van der Waals surface area (Å²) < 4.78 is 23.8. The Bertz CT molecular complexity index is 1590. The number of phosphoric ester groups is 1. The largest absolute Gasteiger partial charge is 0.472 e. The van der Waals surface area contributed by atoms with E-state index in [0.717, 1.165) is 109 Å². The number of rotatable bonds is 55. The average molecular weight is 1070 g/mol. The van der Waals surface area contributed by atoms with E-state index in [4.69, 9.17) is 9.05 Å². The molecule has 1 amide bonds. The first kappa shape index (κ1) is 72.2. The zero-order chi connectivity index (χ0) is 54.9. The van der Waals surface area contributed by atoms with Crippen molar-refractivity contribution in [1.82, 2.24) is 5.32 Å². The predicted molar refractivity (Wildman–Crippen MR) is 327 cm³/mol.